The van der Waals surface area contributed by atoms with E-state index in [1.807, 2.05) is 24.8 Å². The van der Waals surface area contributed by atoms with Crippen LogP contribution in [0.1, 0.15) is 20.3 Å². The third-order valence-corrected chi connectivity index (χ3v) is 2.97. The highest BCUT2D eigenvalue weighted by molar-refractivity contribution is 5.87. The smallest absolute Gasteiger partial charge is 0.307 e. The maximum atomic E-state index is 11.7. The van der Waals surface area contributed by atoms with Crippen molar-refractivity contribution in [3.8, 4) is 0 Å². The highest BCUT2D eigenvalue weighted by Gasteiger charge is 2.31. The van der Waals surface area contributed by atoms with Gasteiger partial charge < -0.3 is 10.1 Å². The maximum absolute atomic E-state index is 11.7. The Kier molecular flexibility index (Phi) is 5.15. The summed E-state index contributed by atoms with van der Waals surface area (Å²) in [7, 11) is 1.34. The molecule has 0 spiro atoms. The quantitative estimate of drug-likeness (QED) is 0.568. The van der Waals surface area contributed by atoms with Gasteiger partial charge in [-0.05, 0) is 13.8 Å². The van der Waals surface area contributed by atoms with Crippen LogP contribution in [-0.2, 0) is 14.3 Å². The summed E-state index contributed by atoms with van der Waals surface area (Å²) >= 11 is 0. The highest BCUT2D eigenvalue weighted by atomic mass is 16.5. The minimum atomic E-state index is -0.411. The standard InChI is InChI=1S/C12H20N2O3/c1-4-9(2)8-14-6-5-13-12(16)10(14)7-11(15)17-3/h4,10H,5-8H2,1-3H3,(H,13,16)/b9-4+. The van der Waals surface area contributed by atoms with Crippen molar-refractivity contribution in [2.75, 3.05) is 26.7 Å². The number of esters is 1. The zero-order valence-corrected chi connectivity index (χ0v) is 10.7. The molecular weight excluding hydrogens is 220 g/mol. The number of methoxy groups -OCH3 is 1. The summed E-state index contributed by atoms with van der Waals surface area (Å²) in [5.41, 5.74) is 1.19. The Bertz CT molecular complexity index is 326. The van der Waals surface area contributed by atoms with Crippen molar-refractivity contribution in [1.29, 1.82) is 0 Å². The predicted molar refractivity (Wildman–Crippen MR) is 64.4 cm³/mol. The minimum absolute atomic E-state index is 0.0921. The molecule has 0 aromatic rings. The topological polar surface area (TPSA) is 58.6 Å². The molecule has 1 fully saturated rings. The lowest BCUT2D eigenvalue weighted by Crippen LogP contribution is -2.56. The van der Waals surface area contributed by atoms with Crippen LogP contribution in [0.2, 0.25) is 0 Å². The molecule has 1 saturated heterocycles. The Morgan fingerprint density at radius 1 is 1.65 bits per heavy atom. The largest absolute Gasteiger partial charge is 0.469 e. The van der Waals surface area contributed by atoms with Crippen molar-refractivity contribution in [1.82, 2.24) is 10.2 Å². The SMILES string of the molecule is C/C=C(\C)CN1CCNC(=O)C1CC(=O)OC. The van der Waals surface area contributed by atoms with Crippen molar-refractivity contribution >= 4 is 11.9 Å². The summed E-state index contributed by atoms with van der Waals surface area (Å²) in [6, 6.07) is -0.411. The summed E-state index contributed by atoms with van der Waals surface area (Å²) in [6.45, 7) is 6.09. The predicted octanol–water partition coefficient (Wildman–Crippen LogP) is 0.316. The molecule has 1 aliphatic rings. The van der Waals surface area contributed by atoms with Gasteiger partial charge in [0.15, 0.2) is 0 Å². The molecule has 0 bridgehead atoms. The van der Waals surface area contributed by atoms with Gasteiger partial charge in [0.1, 0.15) is 0 Å². The molecule has 0 aromatic heterocycles. The number of allylic oxidation sites excluding steroid dienone is 1. The molecule has 1 amide bonds. The summed E-state index contributed by atoms with van der Waals surface area (Å²) in [6.07, 6.45) is 2.13. The van der Waals surface area contributed by atoms with E-state index in [2.05, 4.69) is 10.1 Å². The fourth-order valence-electron chi connectivity index (χ4n) is 1.83. The molecule has 0 aliphatic carbocycles. The molecule has 1 heterocycles. The van der Waals surface area contributed by atoms with E-state index in [1.165, 1.54) is 12.7 Å². The van der Waals surface area contributed by atoms with Crippen molar-refractivity contribution < 1.29 is 14.3 Å². The molecule has 1 unspecified atom stereocenters. The summed E-state index contributed by atoms with van der Waals surface area (Å²) in [4.78, 5) is 25.0. The normalized spacial score (nSPS) is 22.2. The van der Waals surface area contributed by atoms with Crippen molar-refractivity contribution in [3.05, 3.63) is 11.6 Å². The molecule has 0 aromatic carbocycles. The number of amides is 1. The van der Waals surface area contributed by atoms with Gasteiger partial charge in [0.25, 0.3) is 0 Å². The fraction of sp³-hybridized carbons (Fsp3) is 0.667. The summed E-state index contributed by atoms with van der Waals surface area (Å²) in [5.74, 6) is -0.444. The second-order valence-electron chi connectivity index (χ2n) is 4.19. The summed E-state index contributed by atoms with van der Waals surface area (Å²) < 4.78 is 4.62. The van der Waals surface area contributed by atoms with Gasteiger partial charge in [-0.1, -0.05) is 11.6 Å². The maximum Gasteiger partial charge on any atom is 0.307 e. The fourth-order valence-corrected chi connectivity index (χ4v) is 1.83. The first-order valence-corrected chi connectivity index (χ1v) is 5.78. The number of ether oxygens (including phenoxy) is 1. The second-order valence-corrected chi connectivity index (χ2v) is 4.19. The number of piperazine rings is 1. The Morgan fingerprint density at radius 3 is 2.94 bits per heavy atom. The Balaban J connectivity index is 2.70. The molecule has 1 atom stereocenters. The number of hydrogen-bond acceptors (Lipinski definition) is 4. The van der Waals surface area contributed by atoms with E-state index >= 15 is 0 Å². The Hall–Kier alpha value is -1.36. The molecule has 1 N–H and O–H groups in total. The zero-order chi connectivity index (χ0) is 12.8. The number of carbonyl (C=O) groups is 2. The highest BCUT2D eigenvalue weighted by Crippen LogP contribution is 2.12. The van der Waals surface area contributed by atoms with E-state index in [-0.39, 0.29) is 18.3 Å². The van der Waals surface area contributed by atoms with Gasteiger partial charge in [0.2, 0.25) is 5.91 Å². The molecular formula is C12H20N2O3. The molecule has 17 heavy (non-hydrogen) atoms. The van der Waals surface area contributed by atoms with Crippen LogP contribution in [0.5, 0.6) is 0 Å². The van der Waals surface area contributed by atoms with E-state index in [9.17, 15) is 9.59 Å². The first-order valence-electron chi connectivity index (χ1n) is 5.78. The molecule has 1 aliphatic heterocycles. The van der Waals surface area contributed by atoms with Crippen molar-refractivity contribution in [2.45, 2.75) is 26.3 Å². The third-order valence-electron chi connectivity index (χ3n) is 2.97. The lowest BCUT2D eigenvalue weighted by atomic mass is 10.1. The van der Waals surface area contributed by atoms with Crippen LogP contribution in [0.3, 0.4) is 0 Å². The van der Waals surface area contributed by atoms with Gasteiger partial charge >= 0.3 is 5.97 Å². The average molecular weight is 240 g/mol. The number of carbonyl (C=O) groups excluding carboxylic acids is 2. The van der Waals surface area contributed by atoms with Gasteiger partial charge in [-0.2, -0.15) is 0 Å². The number of rotatable bonds is 4. The van der Waals surface area contributed by atoms with Gasteiger partial charge in [-0.15, -0.1) is 0 Å². The molecule has 5 heteroatoms. The zero-order valence-electron chi connectivity index (χ0n) is 10.7. The number of nitrogens with zero attached hydrogens (tertiary/aromatic N) is 1. The molecule has 0 radical (unpaired) electrons. The first kappa shape index (κ1) is 13.7. The minimum Gasteiger partial charge on any atom is -0.469 e. The third kappa shape index (κ3) is 3.85. The van der Waals surface area contributed by atoms with Crippen LogP contribution in [0.25, 0.3) is 0 Å². The van der Waals surface area contributed by atoms with E-state index in [4.69, 9.17) is 0 Å². The van der Waals surface area contributed by atoms with E-state index in [0.29, 0.717) is 13.1 Å². The molecule has 96 valence electrons. The molecule has 5 nitrogen and oxygen atoms in total. The molecule has 1 rings (SSSR count). The van der Waals surface area contributed by atoms with Crippen LogP contribution in [-0.4, -0.2) is 49.6 Å². The van der Waals surface area contributed by atoms with Crippen LogP contribution in [0, 0.1) is 0 Å². The van der Waals surface area contributed by atoms with Gasteiger partial charge in [-0.25, -0.2) is 0 Å². The van der Waals surface area contributed by atoms with Crippen LogP contribution < -0.4 is 5.32 Å². The van der Waals surface area contributed by atoms with Gasteiger partial charge in [0.05, 0.1) is 19.6 Å². The van der Waals surface area contributed by atoms with Crippen LogP contribution in [0.15, 0.2) is 11.6 Å². The summed E-state index contributed by atoms with van der Waals surface area (Å²) in [5, 5.41) is 2.77. The first-order chi connectivity index (χ1) is 8.08. The van der Waals surface area contributed by atoms with E-state index < -0.39 is 6.04 Å². The Labute approximate surface area is 102 Å². The monoisotopic (exact) mass is 240 g/mol. The van der Waals surface area contributed by atoms with Crippen LogP contribution >= 0.6 is 0 Å². The van der Waals surface area contributed by atoms with Crippen LogP contribution in [0.4, 0.5) is 0 Å². The number of hydrogen-bond donors (Lipinski definition) is 1. The second kappa shape index (κ2) is 6.39. The van der Waals surface area contributed by atoms with E-state index in [0.717, 1.165) is 6.54 Å². The van der Waals surface area contributed by atoms with Gasteiger partial charge in [-0.3, -0.25) is 14.5 Å². The lowest BCUT2D eigenvalue weighted by molar-refractivity contribution is -0.145. The van der Waals surface area contributed by atoms with Gasteiger partial charge in [0, 0.05) is 19.6 Å². The lowest BCUT2D eigenvalue weighted by Gasteiger charge is -2.34. The Morgan fingerprint density at radius 2 is 2.35 bits per heavy atom. The number of nitrogens with one attached hydrogen (secondary N) is 1. The van der Waals surface area contributed by atoms with E-state index in [1.54, 1.807) is 0 Å². The van der Waals surface area contributed by atoms with Crippen molar-refractivity contribution in [3.63, 3.8) is 0 Å². The molecule has 0 saturated carbocycles. The van der Waals surface area contributed by atoms with Crippen molar-refractivity contribution in [2.24, 2.45) is 0 Å². The average Bonchev–Trinajstić information content (AvgIpc) is 2.33.